The highest BCUT2D eigenvalue weighted by Gasteiger charge is 2.02. The summed E-state index contributed by atoms with van der Waals surface area (Å²) in [6, 6.07) is 15.8. The van der Waals surface area contributed by atoms with E-state index in [2.05, 4.69) is 0 Å². The monoisotopic (exact) mass is 228 g/mol. The van der Waals surface area contributed by atoms with Gasteiger partial charge in [-0.3, -0.25) is 0 Å². The van der Waals surface area contributed by atoms with Crippen molar-refractivity contribution in [2.75, 3.05) is 7.11 Å². The van der Waals surface area contributed by atoms with Crippen LogP contribution in [0, 0.1) is 0 Å². The Labute approximate surface area is 101 Å². The van der Waals surface area contributed by atoms with Crippen LogP contribution in [0.2, 0.25) is 0 Å². The van der Waals surface area contributed by atoms with Crippen molar-refractivity contribution >= 4 is 0 Å². The van der Waals surface area contributed by atoms with E-state index < -0.39 is 6.10 Å². The first-order valence-corrected chi connectivity index (χ1v) is 5.63. The molecular weight excluding hydrogens is 212 g/mol. The topological polar surface area (TPSA) is 29.5 Å². The summed E-state index contributed by atoms with van der Waals surface area (Å²) in [6.45, 7) is 1.76. The number of ether oxygens (including phenoxy) is 1. The summed E-state index contributed by atoms with van der Waals surface area (Å²) in [5.74, 6) is 0.849. The molecule has 2 aromatic carbocycles. The summed E-state index contributed by atoms with van der Waals surface area (Å²) in [7, 11) is 1.66. The van der Waals surface area contributed by atoms with Crippen LogP contribution < -0.4 is 4.74 Å². The minimum atomic E-state index is -0.422. The smallest absolute Gasteiger partial charge is 0.119 e. The minimum Gasteiger partial charge on any atom is -0.497 e. The average molecular weight is 228 g/mol. The standard InChI is InChI=1S/C15H16O2/c1-11(16)12-6-8-13(9-7-12)14-4-3-5-15(10-14)17-2/h3-11,16H,1-2H3. The predicted molar refractivity (Wildman–Crippen MR) is 69.1 cm³/mol. The molecule has 0 aliphatic carbocycles. The Morgan fingerprint density at radius 3 is 2.29 bits per heavy atom. The van der Waals surface area contributed by atoms with Crippen molar-refractivity contribution in [3.05, 3.63) is 54.1 Å². The van der Waals surface area contributed by atoms with Crippen LogP contribution in [0.4, 0.5) is 0 Å². The summed E-state index contributed by atoms with van der Waals surface area (Å²) >= 11 is 0. The molecule has 2 aromatic rings. The quantitative estimate of drug-likeness (QED) is 0.872. The molecule has 0 aliphatic rings. The number of hydrogen-bond acceptors (Lipinski definition) is 2. The van der Waals surface area contributed by atoms with E-state index in [4.69, 9.17) is 4.74 Å². The van der Waals surface area contributed by atoms with Crippen LogP contribution in [-0.2, 0) is 0 Å². The van der Waals surface area contributed by atoms with Crippen molar-refractivity contribution in [2.45, 2.75) is 13.0 Å². The third-order valence-corrected chi connectivity index (χ3v) is 2.80. The lowest BCUT2D eigenvalue weighted by Crippen LogP contribution is -1.90. The van der Waals surface area contributed by atoms with Crippen LogP contribution in [0.1, 0.15) is 18.6 Å². The maximum absolute atomic E-state index is 9.45. The first-order valence-electron chi connectivity index (χ1n) is 5.63. The van der Waals surface area contributed by atoms with E-state index in [0.717, 1.165) is 22.4 Å². The summed E-state index contributed by atoms with van der Waals surface area (Å²) in [5.41, 5.74) is 3.16. The van der Waals surface area contributed by atoms with Gasteiger partial charge in [0.15, 0.2) is 0 Å². The van der Waals surface area contributed by atoms with E-state index in [9.17, 15) is 5.11 Å². The van der Waals surface area contributed by atoms with E-state index in [0.29, 0.717) is 0 Å². The summed E-state index contributed by atoms with van der Waals surface area (Å²) in [4.78, 5) is 0. The van der Waals surface area contributed by atoms with Crippen LogP contribution in [0.25, 0.3) is 11.1 Å². The molecule has 17 heavy (non-hydrogen) atoms. The third kappa shape index (κ3) is 2.66. The summed E-state index contributed by atoms with van der Waals surface area (Å²) in [5, 5.41) is 9.45. The van der Waals surface area contributed by atoms with Crippen LogP contribution in [-0.4, -0.2) is 12.2 Å². The van der Waals surface area contributed by atoms with Gasteiger partial charge in [-0.1, -0.05) is 36.4 Å². The van der Waals surface area contributed by atoms with Gasteiger partial charge in [-0.15, -0.1) is 0 Å². The fraction of sp³-hybridized carbons (Fsp3) is 0.200. The highest BCUT2D eigenvalue weighted by molar-refractivity contribution is 5.65. The number of rotatable bonds is 3. The molecule has 0 saturated heterocycles. The molecule has 88 valence electrons. The predicted octanol–water partition coefficient (Wildman–Crippen LogP) is 3.42. The Bertz CT molecular complexity index is 487. The van der Waals surface area contributed by atoms with Crippen LogP contribution in [0.15, 0.2) is 48.5 Å². The molecule has 2 rings (SSSR count). The highest BCUT2D eigenvalue weighted by Crippen LogP contribution is 2.25. The molecule has 2 nitrogen and oxygen atoms in total. The molecule has 2 heteroatoms. The Balaban J connectivity index is 2.32. The molecule has 0 bridgehead atoms. The van der Waals surface area contributed by atoms with E-state index in [1.54, 1.807) is 14.0 Å². The molecule has 0 aliphatic heterocycles. The van der Waals surface area contributed by atoms with Gasteiger partial charge >= 0.3 is 0 Å². The fourth-order valence-corrected chi connectivity index (χ4v) is 1.76. The lowest BCUT2D eigenvalue weighted by Gasteiger charge is -2.07. The minimum absolute atomic E-state index is 0.422. The van der Waals surface area contributed by atoms with Crippen molar-refractivity contribution in [1.29, 1.82) is 0 Å². The molecule has 0 aromatic heterocycles. The Kier molecular flexibility index (Phi) is 3.45. The molecule has 0 heterocycles. The van der Waals surface area contributed by atoms with Gasteiger partial charge in [0.25, 0.3) is 0 Å². The van der Waals surface area contributed by atoms with Crippen molar-refractivity contribution in [2.24, 2.45) is 0 Å². The fourth-order valence-electron chi connectivity index (χ4n) is 1.76. The number of methoxy groups -OCH3 is 1. The molecule has 0 radical (unpaired) electrons. The van der Waals surface area contributed by atoms with Crippen molar-refractivity contribution in [1.82, 2.24) is 0 Å². The zero-order chi connectivity index (χ0) is 12.3. The molecule has 0 spiro atoms. The van der Waals surface area contributed by atoms with Crippen molar-refractivity contribution < 1.29 is 9.84 Å². The zero-order valence-corrected chi connectivity index (χ0v) is 10.1. The molecule has 0 saturated carbocycles. The third-order valence-electron chi connectivity index (χ3n) is 2.80. The van der Waals surface area contributed by atoms with Gasteiger partial charge in [-0.25, -0.2) is 0 Å². The largest absolute Gasteiger partial charge is 0.497 e. The molecule has 0 amide bonds. The second kappa shape index (κ2) is 5.02. The van der Waals surface area contributed by atoms with Crippen LogP contribution in [0.5, 0.6) is 5.75 Å². The molecule has 1 N–H and O–H groups in total. The Morgan fingerprint density at radius 1 is 1.00 bits per heavy atom. The summed E-state index contributed by atoms with van der Waals surface area (Å²) < 4.78 is 5.20. The van der Waals surface area contributed by atoms with E-state index in [-0.39, 0.29) is 0 Å². The Hall–Kier alpha value is -1.80. The van der Waals surface area contributed by atoms with Gasteiger partial charge < -0.3 is 9.84 Å². The number of benzene rings is 2. The first kappa shape index (κ1) is 11.7. The molecule has 0 fully saturated rings. The zero-order valence-electron chi connectivity index (χ0n) is 10.1. The molecule has 1 atom stereocenters. The average Bonchev–Trinajstić information content (AvgIpc) is 2.39. The van der Waals surface area contributed by atoms with Gasteiger partial charge in [0.05, 0.1) is 13.2 Å². The highest BCUT2D eigenvalue weighted by atomic mass is 16.5. The SMILES string of the molecule is COc1cccc(-c2ccc(C(C)O)cc2)c1. The first-order chi connectivity index (χ1) is 8.20. The van der Waals surface area contributed by atoms with Crippen molar-refractivity contribution in [3.63, 3.8) is 0 Å². The van der Waals surface area contributed by atoms with Crippen LogP contribution >= 0.6 is 0 Å². The van der Waals surface area contributed by atoms with Gasteiger partial charge in [0.2, 0.25) is 0 Å². The second-order valence-corrected chi connectivity index (χ2v) is 4.03. The second-order valence-electron chi connectivity index (χ2n) is 4.03. The van der Waals surface area contributed by atoms with Crippen LogP contribution in [0.3, 0.4) is 0 Å². The van der Waals surface area contributed by atoms with E-state index in [1.165, 1.54) is 0 Å². The van der Waals surface area contributed by atoms with Gasteiger partial charge in [0, 0.05) is 0 Å². The maximum Gasteiger partial charge on any atom is 0.119 e. The Morgan fingerprint density at radius 2 is 1.71 bits per heavy atom. The lowest BCUT2D eigenvalue weighted by atomic mass is 10.0. The number of aliphatic hydroxyl groups excluding tert-OH is 1. The number of hydrogen-bond donors (Lipinski definition) is 1. The van der Waals surface area contributed by atoms with E-state index >= 15 is 0 Å². The normalized spacial score (nSPS) is 12.2. The van der Waals surface area contributed by atoms with E-state index in [1.807, 2.05) is 48.5 Å². The number of aliphatic hydroxyl groups is 1. The van der Waals surface area contributed by atoms with Crippen molar-refractivity contribution in [3.8, 4) is 16.9 Å². The maximum atomic E-state index is 9.45. The summed E-state index contributed by atoms with van der Waals surface area (Å²) in [6.07, 6.45) is -0.422. The van der Waals surface area contributed by atoms with Gasteiger partial charge in [0.1, 0.15) is 5.75 Å². The van der Waals surface area contributed by atoms with Gasteiger partial charge in [-0.2, -0.15) is 0 Å². The molecular formula is C15H16O2. The van der Waals surface area contributed by atoms with Gasteiger partial charge in [-0.05, 0) is 35.7 Å². The molecule has 1 unspecified atom stereocenters. The lowest BCUT2D eigenvalue weighted by molar-refractivity contribution is 0.199.